The van der Waals surface area contributed by atoms with Crippen molar-refractivity contribution in [3.05, 3.63) is 35.4 Å². The van der Waals surface area contributed by atoms with Gasteiger partial charge in [-0.3, -0.25) is 0 Å². The van der Waals surface area contributed by atoms with Gasteiger partial charge in [0.15, 0.2) is 0 Å². The quantitative estimate of drug-likeness (QED) is 0.724. The third-order valence-electron chi connectivity index (χ3n) is 4.00. The molecule has 0 bridgehead atoms. The van der Waals surface area contributed by atoms with Crippen LogP contribution < -0.4 is 10.6 Å². The topological polar surface area (TPSA) is 70.6 Å². The van der Waals surface area contributed by atoms with E-state index in [1.54, 1.807) is 0 Å². The van der Waals surface area contributed by atoms with Crippen LogP contribution in [0, 0.1) is 6.92 Å². The van der Waals surface area contributed by atoms with E-state index in [0.29, 0.717) is 12.6 Å². The molecule has 0 spiro atoms. The maximum absolute atomic E-state index is 11.9. The normalized spacial score (nSPS) is 16.5. The second-order valence-corrected chi connectivity index (χ2v) is 5.83. The molecule has 1 unspecified atom stereocenters. The predicted molar refractivity (Wildman–Crippen MR) is 85.7 cm³/mol. The fourth-order valence-corrected chi connectivity index (χ4v) is 2.74. The lowest BCUT2D eigenvalue weighted by Gasteiger charge is -2.20. The second-order valence-electron chi connectivity index (χ2n) is 5.83. The number of hydrogen-bond acceptors (Lipinski definition) is 3. The van der Waals surface area contributed by atoms with Crippen LogP contribution in [-0.4, -0.2) is 36.9 Å². The summed E-state index contributed by atoms with van der Waals surface area (Å²) >= 11 is 0. The molecule has 1 atom stereocenters. The molecule has 0 aliphatic heterocycles. The van der Waals surface area contributed by atoms with Gasteiger partial charge in [-0.15, -0.1) is 0 Å². The molecule has 122 valence electrons. The molecule has 22 heavy (non-hydrogen) atoms. The molecule has 2 rings (SSSR count). The zero-order valence-corrected chi connectivity index (χ0v) is 13.2. The van der Waals surface area contributed by atoms with Crippen LogP contribution in [0.1, 0.15) is 42.9 Å². The van der Waals surface area contributed by atoms with Gasteiger partial charge in [0.05, 0.1) is 19.3 Å². The zero-order valence-electron chi connectivity index (χ0n) is 13.2. The van der Waals surface area contributed by atoms with Gasteiger partial charge in [-0.1, -0.05) is 42.7 Å². The Balaban J connectivity index is 1.85. The van der Waals surface area contributed by atoms with E-state index < -0.39 is 0 Å². The van der Waals surface area contributed by atoms with E-state index in [0.717, 1.165) is 18.4 Å². The Morgan fingerprint density at radius 1 is 1.32 bits per heavy atom. The lowest BCUT2D eigenvalue weighted by atomic mass is 10.1. The Morgan fingerprint density at radius 3 is 2.64 bits per heavy atom. The molecule has 1 aliphatic carbocycles. The molecular formula is C17H26N2O3. The molecule has 1 aromatic rings. The van der Waals surface area contributed by atoms with Crippen molar-refractivity contribution in [2.45, 2.75) is 44.8 Å². The molecule has 0 saturated heterocycles. The van der Waals surface area contributed by atoms with Gasteiger partial charge in [0.25, 0.3) is 0 Å². The average molecular weight is 306 g/mol. The highest BCUT2D eigenvalue weighted by Crippen LogP contribution is 2.18. The first-order valence-corrected chi connectivity index (χ1v) is 8.02. The van der Waals surface area contributed by atoms with E-state index in [-0.39, 0.29) is 25.3 Å². The van der Waals surface area contributed by atoms with Crippen molar-refractivity contribution in [1.82, 2.24) is 10.6 Å². The van der Waals surface area contributed by atoms with Crippen LogP contribution in [-0.2, 0) is 4.74 Å². The summed E-state index contributed by atoms with van der Waals surface area (Å²) < 4.78 is 5.65. The van der Waals surface area contributed by atoms with Crippen LogP contribution in [0.25, 0.3) is 0 Å². The van der Waals surface area contributed by atoms with Crippen LogP contribution in [0.3, 0.4) is 0 Å². The monoisotopic (exact) mass is 306 g/mol. The first-order chi connectivity index (χ1) is 10.7. The van der Waals surface area contributed by atoms with Crippen LogP contribution in [0.4, 0.5) is 4.79 Å². The average Bonchev–Trinajstić information content (AvgIpc) is 3.01. The second kappa shape index (κ2) is 8.76. The highest BCUT2D eigenvalue weighted by atomic mass is 16.5. The van der Waals surface area contributed by atoms with Gasteiger partial charge in [0.2, 0.25) is 0 Å². The lowest BCUT2D eigenvalue weighted by molar-refractivity contribution is 0.0294. The van der Waals surface area contributed by atoms with E-state index >= 15 is 0 Å². The number of carbonyl (C=O) groups excluding carboxylic acids is 1. The molecule has 0 heterocycles. The minimum Gasteiger partial charge on any atom is -0.394 e. The first-order valence-electron chi connectivity index (χ1n) is 8.02. The number of ether oxygens (including phenoxy) is 1. The van der Waals surface area contributed by atoms with E-state index in [1.807, 2.05) is 31.2 Å². The van der Waals surface area contributed by atoms with Gasteiger partial charge >= 0.3 is 6.03 Å². The third-order valence-corrected chi connectivity index (χ3v) is 4.00. The van der Waals surface area contributed by atoms with Gasteiger partial charge in [-0.25, -0.2) is 4.79 Å². The minimum absolute atomic E-state index is 0.0311. The van der Waals surface area contributed by atoms with Crippen LogP contribution in [0.5, 0.6) is 0 Å². The molecule has 5 heteroatoms. The molecule has 1 fully saturated rings. The van der Waals surface area contributed by atoms with Crippen molar-refractivity contribution in [3.8, 4) is 0 Å². The van der Waals surface area contributed by atoms with E-state index in [4.69, 9.17) is 9.84 Å². The number of hydrogen-bond donors (Lipinski definition) is 3. The fraction of sp³-hybridized carbons (Fsp3) is 0.588. The van der Waals surface area contributed by atoms with Gasteiger partial charge in [-0.05, 0) is 25.3 Å². The molecule has 1 aliphatic rings. The molecule has 1 saturated carbocycles. The SMILES string of the molecule is Cc1ccc(C(CNC(=O)NC2CCCC2)OCCO)cc1. The fourth-order valence-electron chi connectivity index (χ4n) is 2.74. The maximum atomic E-state index is 11.9. The molecule has 1 aromatic carbocycles. The number of amides is 2. The minimum atomic E-state index is -0.248. The summed E-state index contributed by atoms with van der Waals surface area (Å²) in [7, 11) is 0. The lowest BCUT2D eigenvalue weighted by Crippen LogP contribution is -2.42. The summed E-state index contributed by atoms with van der Waals surface area (Å²) in [5, 5.41) is 14.8. The number of aryl methyl sites for hydroxylation is 1. The van der Waals surface area contributed by atoms with Crippen molar-refractivity contribution < 1.29 is 14.6 Å². The van der Waals surface area contributed by atoms with E-state index in [9.17, 15) is 4.79 Å². The van der Waals surface area contributed by atoms with Crippen molar-refractivity contribution in [2.24, 2.45) is 0 Å². The van der Waals surface area contributed by atoms with Crippen LogP contribution in [0.15, 0.2) is 24.3 Å². The molecule has 2 amide bonds. The first kappa shape index (κ1) is 16.8. The molecule has 0 aromatic heterocycles. The van der Waals surface area contributed by atoms with E-state index in [1.165, 1.54) is 18.4 Å². The Bertz CT molecular complexity index is 455. The van der Waals surface area contributed by atoms with Crippen molar-refractivity contribution in [2.75, 3.05) is 19.8 Å². The highest BCUT2D eigenvalue weighted by molar-refractivity contribution is 5.74. The van der Waals surface area contributed by atoms with E-state index in [2.05, 4.69) is 10.6 Å². The number of rotatable bonds is 7. The summed E-state index contributed by atoms with van der Waals surface area (Å²) in [6, 6.07) is 8.18. The number of benzene rings is 1. The van der Waals surface area contributed by atoms with Crippen molar-refractivity contribution >= 4 is 6.03 Å². The summed E-state index contributed by atoms with van der Waals surface area (Å²) in [6.45, 7) is 2.64. The Labute approximate surface area is 132 Å². The van der Waals surface area contributed by atoms with Gasteiger partial charge in [0, 0.05) is 12.6 Å². The van der Waals surface area contributed by atoms with Crippen molar-refractivity contribution in [1.29, 1.82) is 0 Å². The third kappa shape index (κ3) is 5.31. The predicted octanol–water partition coefficient (Wildman–Crippen LogP) is 2.29. The summed E-state index contributed by atoms with van der Waals surface area (Å²) in [5.41, 5.74) is 2.18. The zero-order chi connectivity index (χ0) is 15.8. The number of aliphatic hydroxyl groups is 1. The van der Waals surface area contributed by atoms with Gasteiger partial charge in [-0.2, -0.15) is 0 Å². The maximum Gasteiger partial charge on any atom is 0.315 e. The Morgan fingerprint density at radius 2 is 2.00 bits per heavy atom. The van der Waals surface area contributed by atoms with Crippen molar-refractivity contribution in [3.63, 3.8) is 0 Å². The molecular weight excluding hydrogens is 280 g/mol. The number of aliphatic hydroxyl groups excluding tert-OH is 1. The molecule has 5 nitrogen and oxygen atoms in total. The van der Waals surface area contributed by atoms with Crippen LogP contribution >= 0.6 is 0 Å². The Hall–Kier alpha value is -1.59. The largest absolute Gasteiger partial charge is 0.394 e. The van der Waals surface area contributed by atoms with Gasteiger partial charge < -0.3 is 20.5 Å². The summed E-state index contributed by atoms with van der Waals surface area (Å²) in [5.74, 6) is 0. The molecule has 0 radical (unpaired) electrons. The highest BCUT2D eigenvalue weighted by Gasteiger charge is 2.18. The number of urea groups is 1. The van der Waals surface area contributed by atoms with Crippen LogP contribution in [0.2, 0.25) is 0 Å². The molecule has 3 N–H and O–H groups in total. The number of nitrogens with one attached hydrogen (secondary N) is 2. The smallest absolute Gasteiger partial charge is 0.315 e. The summed E-state index contributed by atoms with van der Waals surface area (Å²) in [4.78, 5) is 11.9. The Kier molecular flexibility index (Phi) is 6.68. The summed E-state index contributed by atoms with van der Waals surface area (Å²) in [6.07, 6.45) is 4.26. The standard InChI is InChI=1S/C17H26N2O3/c1-13-6-8-14(9-7-13)16(22-11-10-20)12-18-17(21)19-15-4-2-3-5-15/h6-9,15-16,20H,2-5,10-12H2,1H3,(H2,18,19,21). The number of carbonyl (C=O) groups is 1. The van der Waals surface area contributed by atoms with Gasteiger partial charge in [0.1, 0.15) is 0 Å².